The van der Waals surface area contributed by atoms with Crippen LogP contribution in [0.25, 0.3) is 0 Å². The molecule has 0 saturated carbocycles. The minimum Gasteiger partial charge on any atom is -0.493 e. The molecule has 4 heteroatoms. The van der Waals surface area contributed by atoms with Crippen LogP contribution in [-0.4, -0.2) is 11.7 Å². The van der Waals surface area contributed by atoms with Crippen molar-refractivity contribution in [2.24, 2.45) is 5.41 Å². The van der Waals surface area contributed by atoms with Crippen LogP contribution in [0, 0.1) is 22.6 Å². The van der Waals surface area contributed by atoms with Gasteiger partial charge in [0.05, 0.1) is 24.2 Å². The van der Waals surface area contributed by atoms with Crippen molar-refractivity contribution < 1.29 is 14.2 Å². The number of rotatable bonds is 6. The summed E-state index contributed by atoms with van der Waals surface area (Å²) in [7, 11) is 0. The first-order chi connectivity index (χ1) is 8.85. The van der Waals surface area contributed by atoms with Crippen LogP contribution >= 0.6 is 0 Å². The van der Waals surface area contributed by atoms with Crippen LogP contribution in [0.15, 0.2) is 18.2 Å². The summed E-state index contributed by atoms with van der Waals surface area (Å²) in [5.41, 5.74) is -0.0944. The molecule has 0 fully saturated rings. The van der Waals surface area contributed by atoms with Gasteiger partial charge in [-0.3, -0.25) is 0 Å². The predicted molar refractivity (Wildman–Crippen MR) is 71.2 cm³/mol. The summed E-state index contributed by atoms with van der Waals surface area (Å²) in [6.45, 7) is 5.72. The number of nitriles is 1. The summed E-state index contributed by atoms with van der Waals surface area (Å²) < 4.78 is 19.0. The van der Waals surface area contributed by atoms with E-state index in [2.05, 4.69) is 6.07 Å². The fraction of sp³-hybridized carbons (Fsp3) is 0.533. The van der Waals surface area contributed by atoms with E-state index in [-0.39, 0.29) is 11.0 Å². The van der Waals surface area contributed by atoms with E-state index < -0.39 is 11.9 Å². The van der Waals surface area contributed by atoms with E-state index in [1.165, 1.54) is 19.1 Å². The molecule has 1 aromatic carbocycles. The summed E-state index contributed by atoms with van der Waals surface area (Å²) in [4.78, 5) is 0. The van der Waals surface area contributed by atoms with E-state index in [0.29, 0.717) is 12.4 Å². The molecule has 1 rings (SSSR count). The van der Waals surface area contributed by atoms with Gasteiger partial charge in [-0.15, -0.1) is 0 Å². The summed E-state index contributed by atoms with van der Waals surface area (Å²) in [6, 6.07) is 6.66. The zero-order valence-corrected chi connectivity index (χ0v) is 11.6. The zero-order valence-electron chi connectivity index (χ0n) is 11.6. The first-order valence-electron chi connectivity index (χ1n) is 6.37. The van der Waals surface area contributed by atoms with Crippen molar-refractivity contribution in [2.45, 2.75) is 39.7 Å². The zero-order chi connectivity index (χ0) is 14.5. The molecule has 0 bridgehead atoms. The van der Waals surface area contributed by atoms with Crippen LogP contribution in [0.2, 0.25) is 0 Å². The lowest BCUT2D eigenvalue weighted by Gasteiger charge is -2.15. The van der Waals surface area contributed by atoms with E-state index in [4.69, 9.17) is 10.00 Å². The molecule has 0 aromatic heterocycles. The van der Waals surface area contributed by atoms with Crippen LogP contribution in [-0.2, 0) is 0 Å². The summed E-state index contributed by atoms with van der Waals surface area (Å²) in [5, 5.41) is 18.2. The molecule has 0 unspecified atom stereocenters. The second-order valence-electron chi connectivity index (χ2n) is 5.31. The molecule has 104 valence electrons. The molecule has 0 amide bonds. The Labute approximate surface area is 113 Å². The number of benzene rings is 1. The number of aliphatic hydroxyl groups is 1. The third kappa shape index (κ3) is 4.88. The van der Waals surface area contributed by atoms with Gasteiger partial charge >= 0.3 is 0 Å². The van der Waals surface area contributed by atoms with E-state index >= 15 is 0 Å². The van der Waals surface area contributed by atoms with Gasteiger partial charge in [0, 0.05) is 11.6 Å². The highest BCUT2D eigenvalue weighted by Gasteiger charge is 2.15. The van der Waals surface area contributed by atoms with Crippen molar-refractivity contribution in [3.8, 4) is 11.8 Å². The quantitative estimate of drug-likeness (QED) is 0.800. The highest BCUT2D eigenvalue weighted by atomic mass is 19.1. The van der Waals surface area contributed by atoms with Crippen molar-refractivity contribution >= 4 is 0 Å². The third-order valence-electron chi connectivity index (χ3n) is 2.94. The molecule has 0 aliphatic heterocycles. The van der Waals surface area contributed by atoms with Crippen molar-refractivity contribution in [3.63, 3.8) is 0 Å². The average molecular weight is 265 g/mol. The first-order valence-corrected chi connectivity index (χ1v) is 6.37. The van der Waals surface area contributed by atoms with Crippen molar-refractivity contribution in [1.82, 2.24) is 0 Å². The highest BCUT2D eigenvalue weighted by molar-refractivity contribution is 5.29. The normalized spacial score (nSPS) is 12.8. The molecule has 0 spiro atoms. The molecule has 19 heavy (non-hydrogen) atoms. The van der Waals surface area contributed by atoms with Gasteiger partial charge in [0.15, 0.2) is 0 Å². The lowest BCUT2D eigenvalue weighted by atomic mass is 9.90. The Hall–Kier alpha value is -1.60. The molecular weight excluding hydrogens is 245 g/mol. The lowest BCUT2D eigenvalue weighted by Crippen LogP contribution is -2.10. The van der Waals surface area contributed by atoms with Crippen LogP contribution in [0.5, 0.6) is 5.75 Å². The topological polar surface area (TPSA) is 53.2 Å². The number of ether oxygens (including phenoxy) is 1. The Bertz CT molecular complexity index is 464. The monoisotopic (exact) mass is 265 g/mol. The molecule has 3 nitrogen and oxygen atoms in total. The first kappa shape index (κ1) is 15.5. The molecule has 1 N–H and O–H groups in total. The second-order valence-corrected chi connectivity index (χ2v) is 5.31. The lowest BCUT2D eigenvalue weighted by molar-refractivity contribution is 0.193. The number of hydrogen-bond acceptors (Lipinski definition) is 3. The largest absolute Gasteiger partial charge is 0.493 e. The second kappa shape index (κ2) is 6.53. The van der Waals surface area contributed by atoms with Crippen LogP contribution < -0.4 is 4.74 Å². The van der Waals surface area contributed by atoms with E-state index in [1.807, 2.05) is 13.8 Å². The minimum atomic E-state index is -0.828. The smallest absolute Gasteiger partial charge is 0.132 e. The molecular formula is C15H20FNO2. The molecule has 0 heterocycles. The SMILES string of the molecule is C[C@H](O)c1ccc(OCCCC(C)(C)C#N)cc1F. The van der Waals surface area contributed by atoms with Gasteiger partial charge in [0.1, 0.15) is 11.6 Å². The Kier molecular flexibility index (Phi) is 5.31. The van der Waals surface area contributed by atoms with Crippen molar-refractivity contribution in [1.29, 1.82) is 5.26 Å². The molecule has 1 atom stereocenters. The Balaban J connectivity index is 2.47. The average Bonchev–Trinajstić information content (AvgIpc) is 2.34. The van der Waals surface area contributed by atoms with E-state index in [9.17, 15) is 9.50 Å². The standard InChI is InChI=1S/C15H20FNO2/c1-11(18)13-6-5-12(9-14(13)16)19-8-4-7-15(2,3)10-17/h5-6,9,11,18H,4,7-8H2,1-3H3/t11-/m0/s1. The maximum atomic E-state index is 13.6. The van der Waals surface area contributed by atoms with E-state index in [0.717, 1.165) is 12.8 Å². The molecule has 0 aliphatic rings. The fourth-order valence-corrected chi connectivity index (χ4v) is 1.70. The number of halogens is 1. The molecule has 1 aromatic rings. The summed E-state index contributed by atoms with van der Waals surface area (Å²) in [5.74, 6) is -0.0264. The summed E-state index contributed by atoms with van der Waals surface area (Å²) in [6.07, 6.45) is 0.642. The number of nitrogens with zero attached hydrogens (tertiary/aromatic N) is 1. The van der Waals surface area contributed by atoms with Crippen molar-refractivity contribution in [2.75, 3.05) is 6.61 Å². The maximum Gasteiger partial charge on any atom is 0.132 e. The maximum absolute atomic E-state index is 13.6. The third-order valence-corrected chi connectivity index (χ3v) is 2.94. The van der Waals surface area contributed by atoms with Gasteiger partial charge < -0.3 is 9.84 Å². The number of hydrogen-bond donors (Lipinski definition) is 1. The molecule has 0 radical (unpaired) electrons. The van der Waals surface area contributed by atoms with Gasteiger partial charge in [0.2, 0.25) is 0 Å². The predicted octanol–water partition coefficient (Wildman–Crippen LogP) is 3.59. The van der Waals surface area contributed by atoms with Gasteiger partial charge in [-0.25, -0.2) is 4.39 Å². The Morgan fingerprint density at radius 1 is 1.47 bits per heavy atom. The molecule has 0 aliphatic carbocycles. The van der Waals surface area contributed by atoms with Gasteiger partial charge in [-0.05, 0) is 45.7 Å². The van der Waals surface area contributed by atoms with Gasteiger partial charge in [-0.2, -0.15) is 5.26 Å². The summed E-state index contributed by atoms with van der Waals surface area (Å²) >= 11 is 0. The van der Waals surface area contributed by atoms with E-state index in [1.54, 1.807) is 6.07 Å². The van der Waals surface area contributed by atoms with Crippen LogP contribution in [0.1, 0.15) is 45.3 Å². The fourth-order valence-electron chi connectivity index (χ4n) is 1.70. The van der Waals surface area contributed by atoms with Crippen molar-refractivity contribution in [3.05, 3.63) is 29.6 Å². The van der Waals surface area contributed by atoms with Crippen LogP contribution in [0.3, 0.4) is 0 Å². The Morgan fingerprint density at radius 2 is 2.16 bits per heavy atom. The van der Waals surface area contributed by atoms with Crippen LogP contribution in [0.4, 0.5) is 4.39 Å². The Morgan fingerprint density at radius 3 is 2.68 bits per heavy atom. The minimum absolute atomic E-state index is 0.262. The van der Waals surface area contributed by atoms with Gasteiger partial charge in [-0.1, -0.05) is 0 Å². The van der Waals surface area contributed by atoms with Gasteiger partial charge in [0.25, 0.3) is 0 Å². The molecule has 0 saturated heterocycles. The number of aliphatic hydroxyl groups excluding tert-OH is 1. The highest BCUT2D eigenvalue weighted by Crippen LogP contribution is 2.23.